The minimum atomic E-state index is 0.607. The zero-order valence-electron chi connectivity index (χ0n) is 11.4. The third kappa shape index (κ3) is 3.74. The monoisotopic (exact) mass is 226 g/mol. The van der Waals surface area contributed by atoms with Crippen molar-refractivity contribution >= 4 is 0 Å². The van der Waals surface area contributed by atoms with Gasteiger partial charge in [-0.15, -0.1) is 0 Å². The normalized spacial score (nSPS) is 21.6. The van der Waals surface area contributed by atoms with Gasteiger partial charge in [0.1, 0.15) is 0 Å². The van der Waals surface area contributed by atoms with Crippen LogP contribution in [0.2, 0.25) is 0 Å². The first-order valence-corrected chi connectivity index (χ1v) is 7.04. The molecule has 1 rings (SSSR count). The van der Waals surface area contributed by atoms with Gasteiger partial charge in [0.25, 0.3) is 0 Å². The van der Waals surface area contributed by atoms with Crippen molar-refractivity contribution in [2.75, 3.05) is 19.6 Å². The molecule has 2 nitrogen and oxygen atoms in total. The lowest BCUT2D eigenvalue weighted by molar-refractivity contribution is 0.253. The smallest absolute Gasteiger partial charge is 0.000783 e. The Morgan fingerprint density at radius 1 is 1.25 bits per heavy atom. The van der Waals surface area contributed by atoms with E-state index in [1.807, 2.05) is 0 Å². The second kappa shape index (κ2) is 6.61. The first kappa shape index (κ1) is 14.0. The Morgan fingerprint density at radius 2 is 1.88 bits per heavy atom. The van der Waals surface area contributed by atoms with Gasteiger partial charge in [-0.1, -0.05) is 33.6 Å². The highest BCUT2D eigenvalue weighted by Crippen LogP contribution is 2.40. The number of nitrogens with one attached hydrogen (secondary N) is 1. The summed E-state index contributed by atoms with van der Waals surface area (Å²) in [7, 11) is 0. The fraction of sp³-hybridized carbons (Fsp3) is 1.00. The molecule has 0 spiro atoms. The molecular formula is C14H30N2. The predicted molar refractivity (Wildman–Crippen MR) is 71.4 cm³/mol. The largest absolute Gasteiger partial charge is 0.330 e. The average molecular weight is 226 g/mol. The molecule has 1 aliphatic rings. The topological polar surface area (TPSA) is 38.0 Å². The summed E-state index contributed by atoms with van der Waals surface area (Å²) in [6.45, 7) is 9.98. The van der Waals surface area contributed by atoms with E-state index in [4.69, 9.17) is 5.73 Å². The Bertz CT molecular complexity index is 183. The molecule has 0 saturated heterocycles. The van der Waals surface area contributed by atoms with Crippen LogP contribution >= 0.6 is 0 Å². The molecule has 1 fully saturated rings. The fourth-order valence-corrected chi connectivity index (χ4v) is 2.89. The van der Waals surface area contributed by atoms with Gasteiger partial charge in [-0.2, -0.15) is 0 Å². The molecule has 1 atom stereocenters. The molecule has 2 heteroatoms. The van der Waals surface area contributed by atoms with Gasteiger partial charge >= 0.3 is 0 Å². The highest BCUT2D eigenvalue weighted by Gasteiger charge is 2.31. The van der Waals surface area contributed by atoms with Gasteiger partial charge in [-0.25, -0.2) is 0 Å². The summed E-state index contributed by atoms with van der Waals surface area (Å²) in [5.41, 5.74) is 6.40. The second-order valence-corrected chi connectivity index (χ2v) is 5.93. The van der Waals surface area contributed by atoms with E-state index >= 15 is 0 Å². The molecule has 0 radical (unpaired) electrons. The molecule has 1 saturated carbocycles. The van der Waals surface area contributed by atoms with Gasteiger partial charge in [-0.05, 0) is 49.6 Å². The maximum atomic E-state index is 5.79. The van der Waals surface area contributed by atoms with Crippen LogP contribution in [0.5, 0.6) is 0 Å². The van der Waals surface area contributed by atoms with Crippen molar-refractivity contribution in [1.82, 2.24) is 5.32 Å². The zero-order chi connectivity index (χ0) is 12.0. The van der Waals surface area contributed by atoms with Crippen LogP contribution in [0.3, 0.4) is 0 Å². The summed E-state index contributed by atoms with van der Waals surface area (Å²) in [5, 5.41) is 3.67. The van der Waals surface area contributed by atoms with E-state index in [0.717, 1.165) is 13.1 Å². The summed E-state index contributed by atoms with van der Waals surface area (Å²) in [5.74, 6) is 1.33. The van der Waals surface area contributed by atoms with Gasteiger partial charge in [0.2, 0.25) is 0 Å². The number of hydrogen-bond donors (Lipinski definition) is 2. The lowest BCUT2D eigenvalue weighted by atomic mass is 9.83. The van der Waals surface area contributed by atoms with Crippen LogP contribution in [0.1, 0.15) is 52.9 Å². The summed E-state index contributed by atoms with van der Waals surface area (Å²) >= 11 is 0. The van der Waals surface area contributed by atoms with Crippen molar-refractivity contribution in [3.63, 3.8) is 0 Å². The van der Waals surface area contributed by atoms with Crippen LogP contribution in [0, 0.1) is 17.3 Å². The van der Waals surface area contributed by atoms with E-state index in [1.54, 1.807) is 0 Å². The Morgan fingerprint density at radius 3 is 2.31 bits per heavy atom. The highest BCUT2D eigenvalue weighted by atomic mass is 14.9. The summed E-state index contributed by atoms with van der Waals surface area (Å²) < 4.78 is 0. The van der Waals surface area contributed by atoms with E-state index in [-0.39, 0.29) is 0 Å². The Kier molecular flexibility index (Phi) is 5.77. The van der Waals surface area contributed by atoms with E-state index in [9.17, 15) is 0 Å². The molecule has 1 aliphatic carbocycles. The highest BCUT2D eigenvalue weighted by molar-refractivity contribution is 4.85. The molecule has 96 valence electrons. The summed E-state index contributed by atoms with van der Waals surface area (Å²) in [6, 6.07) is 0. The van der Waals surface area contributed by atoms with Gasteiger partial charge < -0.3 is 11.1 Å². The van der Waals surface area contributed by atoms with Crippen molar-refractivity contribution in [2.45, 2.75) is 52.9 Å². The van der Waals surface area contributed by atoms with E-state index < -0.39 is 0 Å². The van der Waals surface area contributed by atoms with Crippen LogP contribution < -0.4 is 11.1 Å². The predicted octanol–water partition coefficient (Wildman–Crippen LogP) is 2.78. The second-order valence-electron chi connectivity index (χ2n) is 5.93. The first-order chi connectivity index (χ1) is 7.63. The molecule has 0 bridgehead atoms. The summed E-state index contributed by atoms with van der Waals surface area (Å²) in [4.78, 5) is 0. The van der Waals surface area contributed by atoms with Gasteiger partial charge in [0.05, 0.1) is 0 Å². The number of nitrogens with two attached hydrogens (primary N) is 1. The zero-order valence-corrected chi connectivity index (χ0v) is 11.4. The molecular weight excluding hydrogens is 196 g/mol. The average Bonchev–Trinajstić information content (AvgIpc) is 2.73. The molecule has 0 amide bonds. The van der Waals surface area contributed by atoms with E-state index in [1.165, 1.54) is 38.6 Å². The SMILES string of the molecule is CCC1(CNCC(CN)C(C)C)CCCC1. The maximum absolute atomic E-state index is 5.79. The lowest BCUT2D eigenvalue weighted by Crippen LogP contribution is -2.37. The minimum absolute atomic E-state index is 0.607. The molecule has 0 aromatic heterocycles. The van der Waals surface area contributed by atoms with Crippen LogP contribution in [0.4, 0.5) is 0 Å². The molecule has 3 N–H and O–H groups in total. The number of rotatable bonds is 7. The van der Waals surface area contributed by atoms with Crippen molar-refractivity contribution in [2.24, 2.45) is 23.0 Å². The minimum Gasteiger partial charge on any atom is -0.330 e. The van der Waals surface area contributed by atoms with Gasteiger partial charge in [0.15, 0.2) is 0 Å². The van der Waals surface area contributed by atoms with Crippen LogP contribution in [0.15, 0.2) is 0 Å². The molecule has 0 aliphatic heterocycles. The standard InChI is InChI=1S/C14H30N2/c1-4-14(7-5-6-8-14)11-16-10-13(9-15)12(2)3/h12-13,16H,4-11,15H2,1-3H3. The molecule has 0 heterocycles. The van der Waals surface area contributed by atoms with Crippen molar-refractivity contribution in [1.29, 1.82) is 0 Å². The first-order valence-electron chi connectivity index (χ1n) is 7.04. The Hall–Kier alpha value is -0.0800. The maximum Gasteiger partial charge on any atom is 0.000783 e. The van der Waals surface area contributed by atoms with E-state index in [0.29, 0.717) is 17.3 Å². The van der Waals surface area contributed by atoms with E-state index in [2.05, 4.69) is 26.1 Å². The van der Waals surface area contributed by atoms with Crippen LogP contribution in [0.25, 0.3) is 0 Å². The third-order valence-electron chi connectivity index (χ3n) is 4.57. The molecule has 1 unspecified atom stereocenters. The van der Waals surface area contributed by atoms with Gasteiger partial charge in [0, 0.05) is 6.54 Å². The molecule has 16 heavy (non-hydrogen) atoms. The fourth-order valence-electron chi connectivity index (χ4n) is 2.89. The Balaban J connectivity index is 2.27. The van der Waals surface area contributed by atoms with Crippen molar-refractivity contribution in [3.8, 4) is 0 Å². The Labute approximate surface area is 101 Å². The summed E-state index contributed by atoms with van der Waals surface area (Å²) in [6.07, 6.45) is 7.03. The number of hydrogen-bond acceptors (Lipinski definition) is 2. The third-order valence-corrected chi connectivity index (χ3v) is 4.57. The molecule has 0 aromatic carbocycles. The molecule has 0 aromatic rings. The van der Waals surface area contributed by atoms with Crippen molar-refractivity contribution < 1.29 is 0 Å². The van der Waals surface area contributed by atoms with Crippen LogP contribution in [-0.4, -0.2) is 19.6 Å². The van der Waals surface area contributed by atoms with Crippen LogP contribution in [-0.2, 0) is 0 Å². The van der Waals surface area contributed by atoms with Gasteiger partial charge in [-0.3, -0.25) is 0 Å². The quantitative estimate of drug-likeness (QED) is 0.700. The van der Waals surface area contributed by atoms with Crippen molar-refractivity contribution in [3.05, 3.63) is 0 Å². The lowest BCUT2D eigenvalue weighted by Gasteiger charge is -2.29.